The fourth-order valence-electron chi connectivity index (χ4n) is 3.76. The van der Waals surface area contributed by atoms with Gasteiger partial charge >= 0.3 is 5.97 Å². The molecule has 1 aliphatic heterocycles. The molecule has 1 aromatic rings. The molecule has 0 saturated heterocycles. The number of ether oxygens (including phenoxy) is 1. The smallest absolute Gasteiger partial charge is 0.336 e. The second-order valence-corrected chi connectivity index (χ2v) is 8.34. The zero-order valence-corrected chi connectivity index (χ0v) is 15.6. The summed E-state index contributed by atoms with van der Waals surface area (Å²) in [6.07, 6.45) is 1.31. The van der Waals surface area contributed by atoms with E-state index >= 15 is 0 Å². The van der Waals surface area contributed by atoms with E-state index in [-0.39, 0.29) is 23.1 Å². The molecule has 1 N–H and O–H groups in total. The number of hydrogen-bond donors (Lipinski definition) is 1. The molecule has 0 aromatic carbocycles. The summed E-state index contributed by atoms with van der Waals surface area (Å²) in [5.74, 6) is -0.570. The van der Waals surface area contributed by atoms with Gasteiger partial charge in [0.05, 0.1) is 18.6 Å². The van der Waals surface area contributed by atoms with Crippen molar-refractivity contribution in [1.82, 2.24) is 5.32 Å². The lowest BCUT2D eigenvalue weighted by atomic mass is 9.69. The van der Waals surface area contributed by atoms with Gasteiger partial charge in [0.1, 0.15) is 0 Å². The Kier molecular flexibility index (Phi) is 4.16. The van der Waals surface area contributed by atoms with E-state index in [1.165, 1.54) is 7.11 Å². The topological polar surface area (TPSA) is 55.4 Å². The molecular weight excluding hydrogens is 322 g/mol. The molecule has 2 aliphatic rings. The zero-order chi connectivity index (χ0) is 17.6. The standard InChI is InChI=1S/C19H23NO3S/c1-10-6-7-24-17(10)16-14(18(22)23-5)11(2)20-12-8-19(3,4)9-13(21)15(12)16/h6-7,16,20H,8-9H2,1-5H3/t16-/m1/s1. The molecule has 5 heteroatoms. The first kappa shape index (κ1) is 17.0. The van der Waals surface area contributed by atoms with Crippen LogP contribution in [-0.4, -0.2) is 18.9 Å². The minimum atomic E-state index is -0.373. The van der Waals surface area contributed by atoms with Gasteiger partial charge in [0.25, 0.3) is 0 Å². The highest BCUT2D eigenvalue weighted by Crippen LogP contribution is 2.48. The first-order valence-corrected chi connectivity index (χ1v) is 8.99. The van der Waals surface area contributed by atoms with E-state index in [1.807, 2.05) is 25.3 Å². The van der Waals surface area contributed by atoms with Gasteiger partial charge in [-0.1, -0.05) is 13.8 Å². The Morgan fingerprint density at radius 2 is 2.04 bits per heavy atom. The Balaban J connectivity index is 2.21. The minimum Gasteiger partial charge on any atom is -0.466 e. The Morgan fingerprint density at radius 1 is 1.33 bits per heavy atom. The molecule has 2 heterocycles. The van der Waals surface area contributed by atoms with Gasteiger partial charge in [-0.2, -0.15) is 0 Å². The van der Waals surface area contributed by atoms with Crippen LogP contribution in [0.1, 0.15) is 50.0 Å². The van der Waals surface area contributed by atoms with Crippen LogP contribution in [0.5, 0.6) is 0 Å². The summed E-state index contributed by atoms with van der Waals surface area (Å²) in [6.45, 7) is 8.13. The van der Waals surface area contributed by atoms with Gasteiger partial charge in [-0.25, -0.2) is 4.79 Å². The van der Waals surface area contributed by atoms with Crippen LogP contribution in [0.15, 0.2) is 34.0 Å². The van der Waals surface area contributed by atoms with Crippen molar-refractivity contribution in [3.63, 3.8) is 0 Å². The molecule has 0 unspecified atom stereocenters. The molecule has 1 aliphatic carbocycles. The number of esters is 1. The highest BCUT2D eigenvalue weighted by Gasteiger charge is 2.43. The molecule has 128 valence electrons. The monoisotopic (exact) mass is 345 g/mol. The second-order valence-electron chi connectivity index (χ2n) is 7.39. The lowest BCUT2D eigenvalue weighted by Crippen LogP contribution is -2.38. The molecule has 0 fully saturated rings. The van der Waals surface area contributed by atoms with Crippen LogP contribution < -0.4 is 5.32 Å². The normalized spacial score (nSPS) is 23.0. The summed E-state index contributed by atoms with van der Waals surface area (Å²) in [5, 5.41) is 5.33. The number of dihydropyridines is 1. The van der Waals surface area contributed by atoms with E-state index in [4.69, 9.17) is 4.74 Å². The third-order valence-corrected chi connectivity index (χ3v) is 5.89. The third-order valence-electron chi connectivity index (χ3n) is 4.81. The van der Waals surface area contributed by atoms with Crippen LogP contribution >= 0.6 is 11.3 Å². The summed E-state index contributed by atoms with van der Waals surface area (Å²) >= 11 is 1.59. The van der Waals surface area contributed by atoms with E-state index in [1.54, 1.807) is 11.3 Å². The van der Waals surface area contributed by atoms with Gasteiger partial charge in [0, 0.05) is 28.3 Å². The van der Waals surface area contributed by atoms with E-state index in [0.29, 0.717) is 12.0 Å². The Morgan fingerprint density at radius 3 is 2.62 bits per heavy atom. The van der Waals surface area contributed by atoms with Crippen molar-refractivity contribution in [2.75, 3.05) is 7.11 Å². The Hall–Kier alpha value is -1.88. The summed E-state index contributed by atoms with van der Waals surface area (Å²) in [5.41, 5.74) is 4.07. The zero-order valence-electron chi connectivity index (χ0n) is 14.8. The van der Waals surface area contributed by atoms with Crippen molar-refractivity contribution < 1.29 is 14.3 Å². The van der Waals surface area contributed by atoms with E-state index < -0.39 is 0 Å². The first-order chi connectivity index (χ1) is 11.2. The quantitative estimate of drug-likeness (QED) is 0.828. The average Bonchev–Trinajstić information content (AvgIpc) is 2.89. The number of thiophene rings is 1. The number of Topliss-reactive ketones (excluding diaryl/α,β-unsaturated/α-hetero) is 1. The summed E-state index contributed by atoms with van der Waals surface area (Å²) in [6, 6.07) is 2.03. The number of carbonyl (C=O) groups is 2. The number of nitrogens with one attached hydrogen (secondary N) is 1. The van der Waals surface area contributed by atoms with Crippen molar-refractivity contribution >= 4 is 23.1 Å². The van der Waals surface area contributed by atoms with Crippen molar-refractivity contribution in [3.8, 4) is 0 Å². The summed E-state index contributed by atoms with van der Waals surface area (Å²) < 4.78 is 5.02. The lowest BCUT2D eigenvalue weighted by molar-refractivity contribution is -0.136. The number of hydrogen-bond acceptors (Lipinski definition) is 5. The highest BCUT2D eigenvalue weighted by molar-refractivity contribution is 7.10. The number of methoxy groups -OCH3 is 1. The number of allylic oxidation sites excluding steroid dienone is 3. The van der Waals surface area contributed by atoms with Crippen molar-refractivity contribution in [2.45, 2.75) is 46.5 Å². The molecule has 0 radical (unpaired) electrons. The van der Waals surface area contributed by atoms with Crippen LogP contribution in [0.4, 0.5) is 0 Å². The van der Waals surface area contributed by atoms with Gasteiger partial charge in [0.15, 0.2) is 5.78 Å². The Labute approximate surface area is 146 Å². The van der Waals surface area contributed by atoms with Crippen LogP contribution in [0.25, 0.3) is 0 Å². The number of rotatable bonds is 2. The van der Waals surface area contributed by atoms with Crippen LogP contribution in [0.3, 0.4) is 0 Å². The van der Waals surface area contributed by atoms with Gasteiger partial charge in [-0.15, -0.1) is 11.3 Å². The molecule has 0 spiro atoms. The van der Waals surface area contributed by atoms with Crippen LogP contribution in [-0.2, 0) is 14.3 Å². The van der Waals surface area contributed by atoms with Gasteiger partial charge in [-0.05, 0) is 42.7 Å². The van der Waals surface area contributed by atoms with Crippen LogP contribution in [0.2, 0.25) is 0 Å². The maximum absolute atomic E-state index is 13.0. The first-order valence-electron chi connectivity index (χ1n) is 8.11. The molecule has 0 bridgehead atoms. The third kappa shape index (κ3) is 2.71. The predicted octanol–water partition coefficient (Wildman–Crippen LogP) is 3.83. The van der Waals surface area contributed by atoms with Crippen molar-refractivity contribution in [3.05, 3.63) is 44.4 Å². The Bertz CT molecular complexity index is 782. The second kappa shape index (κ2) is 5.88. The molecule has 1 atom stereocenters. The maximum atomic E-state index is 13.0. The van der Waals surface area contributed by atoms with Crippen molar-refractivity contribution in [1.29, 1.82) is 0 Å². The highest BCUT2D eigenvalue weighted by atomic mass is 32.1. The molecule has 0 amide bonds. The van der Waals surface area contributed by atoms with Gasteiger partial charge in [-0.3, -0.25) is 4.79 Å². The number of ketones is 1. The van der Waals surface area contributed by atoms with E-state index in [0.717, 1.165) is 33.8 Å². The van der Waals surface area contributed by atoms with Crippen LogP contribution in [0, 0.1) is 12.3 Å². The molecular formula is C19H23NO3S. The summed E-state index contributed by atoms with van der Waals surface area (Å²) in [4.78, 5) is 26.5. The molecule has 24 heavy (non-hydrogen) atoms. The van der Waals surface area contributed by atoms with Gasteiger partial charge in [0.2, 0.25) is 0 Å². The molecule has 0 saturated carbocycles. The van der Waals surface area contributed by atoms with E-state index in [2.05, 4.69) is 19.2 Å². The van der Waals surface area contributed by atoms with Crippen molar-refractivity contribution in [2.24, 2.45) is 5.41 Å². The fourth-order valence-corrected chi connectivity index (χ4v) is 4.80. The largest absolute Gasteiger partial charge is 0.466 e. The minimum absolute atomic E-state index is 0.0684. The SMILES string of the molecule is COC(=O)C1=C(C)NC2=C(C(=O)CC(C)(C)C2)[C@@H]1c1sccc1C. The van der Waals surface area contributed by atoms with E-state index in [9.17, 15) is 9.59 Å². The maximum Gasteiger partial charge on any atom is 0.336 e. The number of aryl methyl sites for hydroxylation is 1. The summed E-state index contributed by atoms with van der Waals surface area (Å²) in [7, 11) is 1.39. The molecule has 3 rings (SSSR count). The fraction of sp³-hybridized carbons (Fsp3) is 0.474. The predicted molar refractivity (Wildman–Crippen MR) is 94.7 cm³/mol. The lowest BCUT2D eigenvalue weighted by Gasteiger charge is -2.39. The average molecular weight is 345 g/mol. The molecule has 1 aromatic heterocycles. The number of carbonyl (C=O) groups excluding carboxylic acids is 2. The van der Waals surface area contributed by atoms with Gasteiger partial charge < -0.3 is 10.1 Å². The molecule has 4 nitrogen and oxygen atoms in total.